The molecule has 0 aromatic heterocycles. The van der Waals surface area contributed by atoms with E-state index in [1.807, 2.05) is 37.8 Å². The summed E-state index contributed by atoms with van der Waals surface area (Å²) in [4.78, 5) is 38.3. The first-order chi connectivity index (χ1) is 13.7. The highest BCUT2D eigenvalue weighted by Gasteiger charge is 2.21. The maximum atomic E-state index is 12.6. The van der Waals surface area contributed by atoms with E-state index in [-0.39, 0.29) is 17.7 Å². The second-order valence-electron chi connectivity index (χ2n) is 8.35. The van der Waals surface area contributed by atoms with Crippen LogP contribution in [-0.2, 0) is 16.1 Å². The number of nitrogens with one attached hydrogen (secondary N) is 2. The first kappa shape index (κ1) is 20.6. The summed E-state index contributed by atoms with van der Waals surface area (Å²) >= 11 is 0. The Kier molecular flexibility index (Phi) is 6.01. The molecule has 0 radical (unpaired) electrons. The number of amides is 3. The van der Waals surface area contributed by atoms with Crippen molar-refractivity contribution in [3.05, 3.63) is 59.7 Å². The lowest BCUT2D eigenvalue weighted by Crippen LogP contribution is -2.27. The molecule has 0 aliphatic carbocycles. The third-order valence-electron chi connectivity index (χ3n) is 4.82. The van der Waals surface area contributed by atoms with Crippen LogP contribution in [-0.4, -0.2) is 29.2 Å². The zero-order chi connectivity index (χ0) is 21.0. The van der Waals surface area contributed by atoms with Gasteiger partial charge >= 0.3 is 0 Å². The largest absolute Gasteiger partial charge is 0.338 e. The van der Waals surface area contributed by atoms with Crippen LogP contribution in [0.3, 0.4) is 0 Å². The maximum Gasteiger partial charge on any atom is 0.255 e. The summed E-state index contributed by atoms with van der Waals surface area (Å²) in [5.41, 5.74) is 2.27. The summed E-state index contributed by atoms with van der Waals surface area (Å²) in [5, 5.41) is 5.71. The number of rotatable bonds is 5. The molecule has 29 heavy (non-hydrogen) atoms. The molecule has 152 valence electrons. The van der Waals surface area contributed by atoms with Gasteiger partial charge < -0.3 is 15.5 Å². The van der Waals surface area contributed by atoms with Crippen LogP contribution < -0.4 is 10.6 Å². The Morgan fingerprint density at radius 3 is 2.24 bits per heavy atom. The quantitative estimate of drug-likeness (QED) is 0.804. The van der Waals surface area contributed by atoms with Gasteiger partial charge in [-0.05, 0) is 42.3 Å². The number of hydrogen-bond acceptors (Lipinski definition) is 3. The number of carbonyl (C=O) groups is 3. The van der Waals surface area contributed by atoms with Crippen molar-refractivity contribution in [3.63, 3.8) is 0 Å². The number of carbonyl (C=O) groups excluding carboxylic acids is 3. The smallest absolute Gasteiger partial charge is 0.255 e. The number of likely N-dealkylation sites (tertiary alicyclic amines) is 1. The highest BCUT2D eigenvalue weighted by molar-refractivity contribution is 6.04. The second kappa shape index (κ2) is 8.47. The average Bonchev–Trinajstić information content (AvgIpc) is 3.06. The fraction of sp³-hybridized carbons (Fsp3) is 0.348. The summed E-state index contributed by atoms with van der Waals surface area (Å²) in [6.45, 7) is 6.91. The average molecular weight is 393 g/mol. The summed E-state index contributed by atoms with van der Waals surface area (Å²) in [5.74, 6) is -0.133. The van der Waals surface area contributed by atoms with Gasteiger partial charge in [0.25, 0.3) is 5.91 Å². The van der Waals surface area contributed by atoms with Gasteiger partial charge in [0, 0.05) is 41.9 Å². The van der Waals surface area contributed by atoms with Crippen LogP contribution in [0.2, 0.25) is 0 Å². The first-order valence-corrected chi connectivity index (χ1v) is 9.82. The van der Waals surface area contributed by atoms with E-state index in [4.69, 9.17) is 0 Å². The predicted molar refractivity (Wildman–Crippen MR) is 114 cm³/mol. The van der Waals surface area contributed by atoms with Crippen molar-refractivity contribution in [2.45, 2.75) is 40.2 Å². The van der Waals surface area contributed by atoms with Crippen molar-refractivity contribution >= 4 is 29.1 Å². The zero-order valence-electron chi connectivity index (χ0n) is 17.1. The van der Waals surface area contributed by atoms with Crippen LogP contribution in [0.25, 0.3) is 0 Å². The molecule has 1 saturated heterocycles. The van der Waals surface area contributed by atoms with E-state index in [9.17, 15) is 14.4 Å². The van der Waals surface area contributed by atoms with Crippen molar-refractivity contribution < 1.29 is 14.4 Å². The van der Waals surface area contributed by atoms with Gasteiger partial charge in [-0.15, -0.1) is 0 Å². The van der Waals surface area contributed by atoms with Crippen LogP contribution in [0.4, 0.5) is 11.4 Å². The third kappa shape index (κ3) is 5.44. The lowest BCUT2D eigenvalue weighted by atomic mass is 9.95. The Balaban J connectivity index is 1.62. The Morgan fingerprint density at radius 2 is 1.66 bits per heavy atom. The Labute approximate surface area is 171 Å². The van der Waals surface area contributed by atoms with Crippen LogP contribution in [0.15, 0.2) is 48.5 Å². The van der Waals surface area contributed by atoms with Gasteiger partial charge in [0.1, 0.15) is 0 Å². The van der Waals surface area contributed by atoms with Crippen molar-refractivity contribution in [1.29, 1.82) is 0 Å². The summed E-state index contributed by atoms with van der Waals surface area (Å²) in [7, 11) is 0. The normalized spacial score (nSPS) is 14.0. The highest BCUT2D eigenvalue weighted by Crippen LogP contribution is 2.21. The molecule has 1 heterocycles. The molecule has 6 heteroatoms. The van der Waals surface area contributed by atoms with E-state index in [2.05, 4.69) is 10.6 Å². The topological polar surface area (TPSA) is 78.5 Å². The zero-order valence-corrected chi connectivity index (χ0v) is 17.1. The van der Waals surface area contributed by atoms with Crippen molar-refractivity contribution in [1.82, 2.24) is 4.90 Å². The van der Waals surface area contributed by atoms with Gasteiger partial charge in [-0.3, -0.25) is 14.4 Å². The Hall–Kier alpha value is -3.15. The fourth-order valence-corrected chi connectivity index (χ4v) is 3.05. The van der Waals surface area contributed by atoms with E-state index >= 15 is 0 Å². The molecule has 2 aromatic rings. The van der Waals surface area contributed by atoms with Crippen LogP contribution >= 0.6 is 0 Å². The van der Waals surface area contributed by atoms with E-state index in [0.717, 1.165) is 18.5 Å². The fourth-order valence-electron chi connectivity index (χ4n) is 3.05. The summed E-state index contributed by atoms with van der Waals surface area (Å²) in [6.07, 6.45) is 1.53. The molecular weight excluding hydrogens is 366 g/mol. The van der Waals surface area contributed by atoms with Gasteiger partial charge in [0.15, 0.2) is 0 Å². The third-order valence-corrected chi connectivity index (χ3v) is 4.82. The van der Waals surface area contributed by atoms with Crippen molar-refractivity contribution in [2.75, 3.05) is 17.2 Å². The van der Waals surface area contributed by atoms with Gasteiger partial charge in [0.2, 0.25) is 11.8 Å². The molecule has 1 aliphatic rings. The molecule has 0 unspecified atom stereocenters. The first-order valence-electron chi connectivity index (χ1n) is 9.82. The minimum absolute atomic E-state index is 0.0898. The SMILES string of the molecule is CC(C)(C)C(=O)Nc1cccc(NC(=O)c2ccc(CN3CCCC3=O)cc2)c1. The molecule has 2 N–H and O–H groups in total. The van der Waals surface area contributed by atoms with E-state index in [1.54, 1.807) is 36.4 Å². The monoisotopic (exact) mass is 393 g/mol. The van der Waals surface area contributed by atoms with Gasteiger partial charge in [-0.25, -0.2) is 0 Å². The maximum absolute atomic E-state index is 12.6. The van der Waals surface area contributed by atoms with Crippen LogP contribution in [0, 0.1) is 5.41 Å². The molecule has 1 fully saturated rings. The molecule has 1 aliphatic heterocycles. The second-order valence-corrected chi connectivity index (χ2v) is 8.35. The molecule has 3 rings (SSSR count). The Morgan fingerprint density at radius 1 is 1.00 bits per heavy atom. The van der Waals surface area contributed by atoms with Crippen LogP contribution in [0.1, 0.15) is 49.5 Å². The van der Waals surface area contributed by atoms with Crippen LogP contribution in [0.5, 0.6) is 0 Å². The van der Waals surface area contributed by atoms with Crippen molar-refractivity contribution in [2.24, 2.45) is 5.41 Å². The Bertz CT molecular complexity index is 914. The van der Waals surface area contributed by atoms with Gasteiger partial charge in [0.05, 0.1) is 0 Å². The van der Waals surface area contributed by atoms with E-state index in [1.165, 1.54) is 0 Å². The highest BCUT2D eigenvalue weighted by atomic mass is 16.2. The van der Waals surface area contributed by atoms with E-state index in [0.29, 0.717) is 29.9 Å². The summed E-state index contributed by atoms with van der Waals surface area (Å²) < 4.78 is 0. The standard InChI is InChI=1S/C23H27N3O3/c1-23(2,3)22(29)25-19-7-4-6-18(14-19)24-21(28)17-11-9-16(10-12-17)15-26-13-5-8-20(26)27/h4,6-7,9-12,14H,5,8,13,15H2,1-3H3,(H,24,28)(H,25,29). The van der Waals surface area contributed by atoms with Crippen molar-refractivity contribution in [3.8, 4) is 0 Å². The lowest BCUT2D eigenvalue weighted by molar-refractivity contribution is -0.128. The number of nitrogens with zero attached hydrogens (tertiary/aromatic N) is 1. The molecule has 3 amide bonds. The van der Waals surface area contributed by atoms with E-state index < -0.39 is 5.41 Å². The molecule has 0 bridgehead atoms. The minimum atomic E-state index is -0.499. The van der Waals surface area contributed by atoms with Gasteiger partial charge in [-0.2, -0.15) is 0 Å². The predicted octanol–water partition coefficient (Wildman–Crippen LogP) is 4.05. The number of anilines is 2. The molecule has 0 saturated carbocycles. The molecule has 2 aromatic carbocycles. The number of hydrogen-bond donors (Lipinski definition) is 2. The minimum Gasteiger partial charge on any atom is -0.338 e. The summed E-state index contributed by atoms with van der Waals surface area (Å²) in [6, 6.07) is 14.3. The van der Waals surface area contributed by atoms with Gasteiger partial charge in [-0.1, -0.05) is 39.0 Å². The molecular formula is C23H27N3O3. The molecule has 0 spiro atoms. The lowest BCUT2D eigenvalue weighted by Gasteiger charge is -2.18. The molecule has 0 atom stereocenters. The number of benzene rings is 2. The molecule has 6 nitrogen and oxygen atoms in total.